The van der Waals surface area contributed by atoms with Gasteiger partial charge in [0.1, 0.15) is 0 Å². The third kappa shape index (κ3) is 2.47. The minimum atomic E-state index is 0.853. The van der Waals surface area contributed by atoms with E-state index in [-0.39, 0.29) is 0 Å². The van der Waals surface area contributed by atoms with E-state index in [9.17, 15) is 0 Å². The van der Waals surface area contributed by atoms with Crippen molar-refractivity contribution in [2.75, 3.05) is 26.3 Å². The lowest BCUT2D eigenvalue weighted by Gasteiger charge is -2.25. The molecule has 2 nitrogen and oxygen atoms in total. The lowest BCUT2D eigenvalue weighted by atomic mass is 10.2. The van der Waals surface area contributed by atoms with Gasteiger partial charge >= 0.3 is 0 Å². The van der Waals surface area contributed by atoms with Gasteiger partial charge in [-0.15, -0.1) is 11.3 Å². The summed E-state index contributed by atoms with van der Waals surface area (Å²) < 4.78 is 6.63. The van der Waals surface area contributed by atoms with Crippen LogP contribution in [0.4, 0.5) is 0 Å². The molecule has 1 aromatic carbocycles. The van der Waals surface area contributed by atoms with Gasteiger partial charge in [0.2, 0.25) is 0 Å². The average Bonchev–Trinajstić information content (AvgIpc) is 2.74. The molecule has 2 aromatic rings. The average molecular weight is 268 g/mol. The Morgan fingerprint density at radius 2 is 2.12 bits per heavy atom. The van der Waals surface area contributed by atoms with E-state index in [2.05, 4.69) is 17.0 Å². The fraction of sp³-hybridized carbons (Fsp3) is 0.385. The van der Waals surface area contributed by atoms with Gasteiger partial charge in [-0.3, -0.25) is 4.90 Å². The first kappa shape index (κ1) is 11.5. The topological polar surface area (TPSA) is 12.5 Å². The fourth-order valence-corrected chi connectivity index (χ4v) is 3.55. The lowest BCUT2D eigenvalue weighted by Crippen LogP contribution is -2.35. The van der Waals surface area contributed by atoms with Gasteiger partial charge in [0, 0.05) is 39.6 Å². The summed E-state index contributed by atoms with van der Waals surface area (Å²) in [5, 5.41) is 2.04. The first-order valence-electron chi connectivity index (χ1n) is 5.80. The van der Waals surface area contributed by atoms with Gasteiger partial charge in [0.15, 0.2) is 0 Å². The maximum absolute atomic E-state index is 6.19. The molecule has 17 heavy (non-hydrogen) atoms. The Bertz CT molecular complexity index is 519. The first-order chi connectivity index (χ1) is 8.33. The molecule has 0 amide bonds. The number of morpholine rings is 1. The molecule has 1 aliphatic heterocycles. The molecular formula is C13H14ClNOS. The van der Waals surface area contributed by atoms with Gasteiger partial charge in [-0.1, -0.05) is 17.7 Å². The van der Waals surface area contributed by atoms with Crippen molar-refractivity contribution in [3.05, 3.63) is 34.2 Å². The molecule has 90 valence electrons. The molecule has 1 aromatic heterocycles. The molecule has 0 saturated carbocycles. The predicted octanol–water partition coefficient (Wildman–Crippen LogP) is 3.39. The van der Waals surface area contributed by atoms with Crippen molar-refractivity contribution in [2.45, 2.75) is 6.54 Å². The van der Waals surface area contributed by atoms with E-state index in [1.807, 2.05) is 23.5 Å². The molecule has 1 saturated heterocycles. The molecule has 4 heteroatoms. The van der Waals surface area contributed by atoms with Crippen molar-refractivity contribution in [1.29, 1.82) is 0 Å². The standard InChI is InChI=1S/C13H14ClNOS/c14-12-2-1-3-13-11(12)8-10(17-13)9-15-4-6-16-7-5-15/h1-3,8H,4-7,9H2. The molecule has 0 N–H and O–H groups in total. The SMILES string of the molecule is Clc1cccc2sc(CN3CCOCC3)cc12. The molecule has 1 aliphatic rings. The molecule has 0 spiro atoms. The summed E-state index contributed by atoms with van der Waals surface area (Å²) in [4.78, 5) is 3.82. The highest BCUT2D eigenvalue weighted by Crippen LogP contribution is 2.31. The Morgan fingerprint density at radius 3 is 2.88 bits per heavy atom. The molecule has 3 rings (SSSR count). The number of ether oxygens (including phenoxy) is 1. The highest BCUT2D eigenvalue weighted by molar-refractivity contribution is 7.19. The highest BCUT2D eigenvalue weighted by Gasteiger charge is 2.12. The Morgan fingerprint density at radius 1 is 1.29 bits per heavy atom. The number of hydrogen-bond acceptors (Lipinski definition) is 3. The van der Waals surface area contributed by atoms with E-state index in [0.717, 1.165) is 37.9 Å². The summed E-state index contributed by atoms with van der Waals surface area (Å²) in [7, 11) is 0. The van der Waals surface area contributed by atoms with Gasteiger partial charge < -0.3 is 4.74 Å². The lowest BCUT2D eigenvalue weighted by molar-refractivity contribution is 0.0346. The molecule has 0 atom stereocenters. The molecule has 0 radical (unpaired) electrons. The minimum Gasteiger partial charge on any atom is -0.379 e. The van der Waals surface area contributed by atoms with Crippen LogP contribution in [0.2, 0.25) is 5.02 Å². The van der Waals surface area contributed by atoms with Crippen LogP contribution in [-0.2, 0) is 11.3 Å². The quantitative estimate of drug-likeness (QED) is 0.827. The Balaban J connectivity index is 1.83. The summed E-state index contributed by atoms with van der Waals surface area (Å²) in [6.07, 6.45) is 0. The first-order valence-corrected chi connectivity index (χ1v) is 6.99. The predicted molar refractivity (Wildman–Crippen MR) is 72.9 cm³/mol. The monoisotopic (exact) mass is 267 g/mol. The van der Waals surface area contributed by atoms with Crippen LogP contribution in [0, 0.1) is 0 Å². The third-order valence-electron chi connectivity index (χ3n) is 3.04. The van der Waals surface area contributed by atoms with E-state index in [1.165, 1.54) is 15.0 Å². The van der Waals surface area contributed by atoms with Gasteiger partial charge in [-0.2, -0.15) is 0 Å². The molecule has 2 heterocycles. The van der Waals surface area contributed by atoms with Crippen LogP contribution < -0.4 is 0 Å². The number of hydrogen-bond donors (Lipinski definition) is 0. The normalized spacial score (nSPS) is 17.7. The maximum atomic E-state index is 6.19. The van der Waals surface area contributed by atoms with Gasteiger partial charge in [0.05, 0.1) is 13.2 Å². The second kappa shape index (κ2) is 4.94. The van der Waals surface area contributed by atoms with Crippen LogP contribution in [0.1, 0.15) is 4.88 Å². The van der Waals surface area contributed by atoms with Gasteiger partial charge in [-0.25, -0.2) is 0 Å². The number of rotatable bonds is 2. The summed E-state index contributed by atoms with van der Waals surface area (Å²) >= 11 is 8.02. The van der Waals surface area contributed by atoms with Crippen molar-refractivity contribution in [3.63, 3.8) is 0 Å². The third-order valence-corrected chi connectivity index (χ3v) is 4.46. The summed E-state index contributed by atoms with van der Waals surface area (Å²) in [5.41, 5.74) is 0. The number of fused-ring (bicyclic) bond motifs is 1. The van der Waals surface area contributed by atoms with E-state index in [1.54, 1.807) is 0 Å². The van der Waals surface area contributed by atoms with Gasteiger partial charge in [-0.05, 0) is 18.2 Å². The van der Waals surface area contributed by atoms with Crippen LogP contribution in [0.25, 0.3) is 10.1 Å². The van der Waals surface area contributed by atoms with Crippen molar-refractivity contribution < 1.29 is 4.74 Å². The molecule has 1 fully saturated rings. The van der Waals surface area contributed by atoms with Crippen LogP contribution in [0.15, 0.2) is 24.3 Å². The largest absolute Gasteiger partial charge is 0.379 e. The van der Waals surface area contributed by atoms with E-state index in [0.29, 0.717) is 0 Å². The second-order valence-electron chi connectivity index (χ2n) is 4.25. The molecule has 0 aliphatic carbocycles. The fourth-order valence-electron chi connectivity index (χ4n) is 2.14. The molecule has 0 bridgehead atoms. The summed E-state index contributed by atoms with van der Waals surface area (Å²) in [6, 6.07) is 8.32. The molecular weight excluding hydrogens is 254 g/mol. The molecule has 0 unspecified atom stereocenters. The van der Waals surface area contributed by atoms with Crippen LogP contribution >= 0.6 is 22.9 Å². The van der Waals surface area contributed by atoms with Crippen LogP contribution in [-0.4, -0.2) is 31.2 Å². The summed E-state index contributed by atoms with van der Waals surface area (Å²) in [5.74, 6) is 0. The number of thiophene rings is 1. The number of benzene rings is 1. The van der Waals surface area contributed by atoms with E-state index in [4.69, 9.17) is 16.3 Å². The Hall–Kier alpha value is -0.610. The highest BCUT2D eigenvalue weighted by atomic mass is 35.5. The zero-order chi connectivity index (χ0) is 11.7. The maximum Gasteiger partial charge on any atom is 0.0594 e. The van der Waals surface area contributed by atoms with Crippen molar-refractivity contribution >= 4 is 33.0 Å². The van der Waals surface area contributed by atoms with E-state index < -0.39 is 0 Å². The second-order valence-corrected chi connectivity index (χ2v) is 5.83. The Kier molecular flexibility index (Phi) is 3.34. The minimum absolute atomic E-state index is 0.853. The smallest absolute Gasteiger partial charge is 0.0594 e. The number of nitrogens with zero attached hydrogens (tertiary/aromatic N) is 1. The van der Waals surface area contributed by atoms with Crippen molar-refractivity contribution in [1.82, 2.24) is 4.90 Å². The van der Waals surface area contributed by atoms with Gasteiger partial charge in [0.25, 0.3) is 0 Å². The van der Waals surface area contributed by atoms with Crippen LogP contribution in [0.3, 0.4) is 0 Å². The van der Waals surface area contributed by atoms with Crippen molar-refractivity contribution in [3.8, 4) is 0 Å². The number of halogens is 1. The Labute approximate surface area is 110 Å². The van der Waals surface area contributed by atoms with E-state index >= 15 is 0 Å². The summed E-state index contributed by atoms with van der Waals surface area (Å²) in [6.45, 7) is 4.78. The zero-order valence-electron chi connectivity index (χ0n) is 9.49. The van der Waals surface area contributed by atoms with Crippen LogP contribution in [0.5, 0.6) is 0 Å². The van der Waals surface area contributed by atoms with Crippen molar-refractivity contribution in [2.24, 2.45) is 0 Å². The zero-order valence-corrected chi connectivity index (χ0v) is 11.1.